The van der Waals surface area contributed by atoms with Gasteiger partial charge in [0.1, 0.15) is 0 Å². The Bertz CT molecular complexity index is 564. The molecule has 0 aliphatic heterocycles. The smallest absolute Gasteiger partial charge is 0.303 e. The highest BCUT2D eigenvalue weighted by atomic mass is 16.4. The fraction of sp³-hybridized carbons (Fsp3) is 0.400. The van der Waals surface area contributed by atoms with Crippen LogP contribution in [-0.2, 0) is 28.8 Å². The van der Waals surface area contributed by atoms with Crippen LogP contribution in [0, 0.1) is 0 Å². The van der Waals surface area contributed by atoms with Gasteiger partial charge in [0, 0.05) is 12.4 Å². The van der Waals surface area contributed by atoms with E-state index in [-0.39, 0.29) is 38.5 Å². The molecule has 9 N–H and O–H groups in total. The molecular formula is C15H23N3O12. The second kappa shape index (κ2) is 19.6. The van der Waals surface area contributed by atoms with Crippen LogP contribution in [-0.4, -0.2) is 76.4 Å². The summed E-state index contributed by atoms with van der Waals surface area (Å²) < 4.78 is 0. The van der Waals surface area contributed by atoms with Crippen LogP contribution in [0.4, 0.5) is 5.95 Å². The molecule has 0 aromatic carbocycles. The molecule has 0 amide bonds. The molecule has 15 heteroatoms. The first kappa shape index (κ1) is 30.6. The molecule has 1 aromatic heterocycles. The average molecular weight is 437 g/mol. The van der Waals surface area contributed by atoms with E-state index in [1.165, 1.54) is 0 Å². The SMILES string of the molecule is Nc1ncc[nH]1.O=C(O)CCC(=O)O.O=C(O)CCC(=O)O.O=C(O)CCC(=O)O. The van der Waals surface area contributed by atoms with Gasteiger partial charge in [0.15, 0.2) is 5.95 Å². The molecule has 0 aliphatic rings. The number of imidazole rings is 1. The number of rotatable bonds is 9. The highest BCUT2D eigenvalue weighted by Crippen LogP contribution is 1.87. The number of nitrogens with zero attached hydrogens (tertiary/aromatic N) is 1. The lowest BCUT2D eigenvalue weighted by Crippen LogP contribution is -2.00. The standard InChI is InChI=1S/3C4H6O4.C3H5N3/c3*5-3(6)1-2-4(7)8;4-3-5-1-2-6-3/h3*1-2H2,(H,5,6)(H,7,8);1-2H,(H3,4,5,6). The van der Waals surface area contributed by atoms with Crippen molar-refractivity contribution in [2.75, 3.05) is 5.73 Å². The maximum atomic E-state index is 9.64. The maximum absolute atomic E-state index is 9.64. The summed E-state index contributed by atoms with van der Waals surface area (Å²) in [4.78, 5) is 64.1. The molecule has 0 spiro atoms. The fourth-order valence-corrected chi connectivity index (χ4v) is 0.919. The molecule has 0 fully saturated rings. The van der Waals surface area contributed by atoms with Crippen molar-refractivity contribution in [3.63, 3.8) is 0 Å². The second-order valence-electron chi connectivity index (χ2n) is 4.84. The van der Waals surface area contributed by atoms with Gasteiger partial charge in [0.25, 0.3) is 0 Å². The first-order valence-electron chi connectivity index (χ1n) is 7.83. The molecule has 15 nitrogen and oxygen atoms in total. The van der Waals surface area contributed by atoms with Gasteiger partial charge >= 0.3 is 35.8 Å². The first-order chi connectivity index (χ1) is 13.8. The van der Waals surface area contributed by atoms with Gasteiger partial charge in [-0.05, 0) is 0 Å². The lowest BCUT2D eigenvalue weighted by molar-refractivity contribution is -0.143. The van der Waals surface area contributed by atoms with Crippen molar-refractivity contribution in [2.45, 2.75) is 38.5 Å². The quantitative estimate of drug-likeness (QED) is 0.248. The number of aromatic nitrogens is 2. The van der Waals surface area contributed by atoms with Crippen molar-refractivity contribution < 1.29 is 59.4 Å². The van der Waals surface area contributed by atoms with E-state index in [1.807, 2.05) is 0 Å². The lowest BCUT2D eigenvalue weighted by atomic mass is 10.3. The highest BCUT2D eigenvalue weighted by molar-refractivity contribution is 5.76. The number of carboxylic acid groups (broad SMARTS) is 6. The monoisotopic (exact) mass is 437 g/mol. The molecule has 0 atom stereocenters. The van der Waals surface area contributed by atoms with Gasteiger partial charge in [-0.15, -0.1) is 0 Å². The summed E-state index contributed by atoms with van der Waals surface area (Å²) in [6.07, 6.45) is 1.50. The average Bonchev–Trinajstić information content (AvgIpc) is 3.09. The third-order valence-electron chi connectivity index (χ3n) is 2.18. The van der Waals surface area contributed by atoms with E-state index in [1.54, 1.807) is 12.4 Å². The highest BCUT2D eigenvalue weighted by Gasteiger charge is 2.01. The van der Waals surface area contributed by atoms with E-state index >= 15 is 0 Å². The second-order valence-corrected chi connectivity index (χ2v) is 4.84. The Labute approximate surface area is 168 Å². The van der Waals surface area contributed by atoms with Crippen LogP contribution in [0.1, 0.15) is 38.5 Å². The zero-order valence-corrected chi connectivity index (χ0v) is 15.6. The van der Waals surface area contributed by atoms with Crippen molar-refractivity contribution >= 4 is 41.8 Å². The van der Waals surface area contributed by atoms with Crippen molar-refractivity contribution in [1.82, 2.24) is 9.97 Å². The van der Waals surface area contributed by atoms with E-state index < -0.39 is 35.8 Å². The number of nitrogen functional groups attached to an aromatic ring is 1. The number of carboxylic acids is 6. The van der Waals surface area contributed by atoms with Gasteiger partial charge in [0.05, 0.1) is 38.5 Å². The summed E-state index contributed by atoms with van der Waals surface area (Å²) in [5.74, 6) is -5.99. The Morgan fingerprint density at radius 3 is 0.933 bits per heavy atom. The molecule has 1 aromatic rings. The minimum Gasteiger partial charge on any atom is -0.481 e. The first-order valence-corrected chi connectivity index (χ1v) is 7.83. The molecule has 0 unspecified atom stereocenters. The Hall–Kier alpha value is -4.17. The van der Waals surface area contributed by atoms with Gasteiger partial charge in [-0.2, -0.15) is 0 Å². The van der Waals surface area contributed by atoms with Crippen molar-refractivity contribution in [3.8, 4) is 0 Å². The molecular weight excluding hydrogens is 414 g/mol. The van der Waals surface area contributed by atoms with Crippen molar-refractivity contribution in [1.29, 1.82) is 0 Å². The fourth-order valence-electron chi connectivity index (χ4n) is 0.919. The maximum Gasteiger partial charge on any atom is 0.303 e. The van der Waals surface area contributed by atoms with Gasteiger partial charge in [-0.3, -0.25) is 28.8 Å². The van der Waals surface area contributed by atoms with E-state index in [0.717, 1.165) is 0 Å². The Morgan fingerprint density at radius 2 is 0.867 bits per heavy atom. The van der Waals surface area contributed by atoms with Gasteiger partial charge in [-0.25, -0.2) is 4.98 Å². The number of carbonyl (C=O) groups is 6. The van der Waals surface area contributed by atoms with E-state index in [4.69, 9.17) is 36.4 Å². The number of nitrogens with two attached hydrogens (primary N) is 1. The zero-order chi connectivity index (χ0) is 24.1. The van der Waals surface area contributed by atoms with Crippen LogP contribution in [0.2, 0.25) is 0 Å². The Kier molecular flexibility index (Phi) is 19.9. The summed E-state index contributed by atoms with van der Waals surface area (Å²) >= 11 is 0. The van der Waals surface area contributed by atoms with Crippen LogP contribution in [0.25, 0.3) is 0 Å². The minimum absolute atomic E-state index is 0.296. The number of aliphatic carboxylic acids is 6. The van der Waals surface area contributed by atoms with E-state index in [2.05, 4.69) is 9.97 Å². The Balaban J connectivity index is -0.000000325. The molecule has 0 saturated carbocycles. The molecule has 30 heavy (non-hydrogen) atoms. The number of nitrogens with one attached hydrogen (secondary N) is 1. The number of hydrogen-bond donors (Lipinski definition) is 8. The summed E-state index contributed by atoms with van der Waals surface area (Å²) in [5, 5.41) is 47.4. The van der Waals surface area contributed by atoms with Crippen LogP contribution in [0.3, 0.4) is 0 Å². The summed E-state index contributed by atoms with van der Waals surface area (Å²) in [5.41, 5.74) is 5.11. The van der Waals surface area contributed by atoms with E-state index in [9.17, 15) is 28.8 Å². The predicted molar refractivity (Wildman–Crippen MR) is 96.5 cm³/mol. The van der Waals surface area contributed by atoms with Crippen molar-refractivity contribution in [3.05, 3.63) is 12.4 Å². The zero-order valence-electron chi connectivity index (χ0n) is 15.6. The van der Waals surface area contributed by atoms with Crippen LogP contribution >= 0.6 is 0 Å². The number of H-pyrrole nitrogens is 1. The predicted octanol–water partition coefficient (Wildman–Crippen LogP) is -0.201. The van der Waals surface area contributed by atoms with Crippen LogP contribution in [0.5, 0.6) is 0 Å². The molecule has 0 saturated heterocycles. The van der Waals surface area contributed by atoms with Gasteiger partial charge in [-0.1, -0.05) is 0 Å². The van der Waals surface area contributed by atoms with Crippen molar-refractivity contribution in [2.24, 2.45) is 0 Å². The summed E-state index contributed by atoms with van der Waals surface area (Å²) in [7, 11) is 0. The molecule has 0 bridgehead atoms. The molecule has 1 heterocycles. The van der Waals surface area contributed by atoms with Gasteiger partial charge in [0.2, 0.25) is 0 Å². The van der Waals surface area contributed by atoms with Crippen LogP contribution in [0.15, 0.2) is 12.4 Å². The molecule has 0 aliphatic carbocycles. The Morgan fingerprint density at radius 1 is 0.633 bits per heavy atom. The normalized spacial score (nSPS) is 8.53. The van der Waals surface area contributed by atoms with E-state index in [0.29, 0.717) is 5.95 Å². The largest absolute Gasteiger partial charge is 0.481 e. The molecule has 0 radical (unpaired) electrons. The summed E-state index contributed by atoms with van der Waals surface area (Å²) in [6, 6.07) is 0. The van der Waals surface area contributed by atoms with Crippen LogP contribution < -0.4 is 5.73 Å². The van der Waals surface area contributed by atoms with Gasteiger partial charge < -0.3 is 41.4 Å². The number of hydrogen-bond acceptors (Lipinski definition) is 8. The lowest BCUT2D eigenvalue weighted by Gasteiger charge is -1.85. The molecule has 1 rings (SSSR count). The minimum atomic E-state index is -1.08. The third kappa shape index (κ3) is 39.1. The topological polar surface area (TPSA) is 278 Å². The number of aromatic amines is 1. The molecule has 170 valence electrons. The number of anilines is 1. The summed E-state index contributed by atoms with van der Waals surface area (Å²) in [6.45, 7) is 0. The third-order valence-corrected chi connectivity index (χ3v) is 2.18.